The summed E-state index contributed by atoms with van der Waals surface area (Å²) in [6.45, 7) is 7.74. The van der Waals surface area contributed by atoms with Crippen molar-refractivity contribution < 1.29 is 9.53 Å². The SMILES string of the molecule is COC(=O)c1cc(C)n([C@H]2CN3CCC2CC3)c1C. The van der Waals surface area contributed by atoms with Gasteiger partial charge >= 0.3 is 5.97 Å². The summed E-state index contributed by atoms with van der Waals surface area (Å²) in [4.78, 5) is 14.3. The van der Waals surface area contributed by atoms with Gasteiger partial charge in [-0.05, 0) is 51.8 Å². The topological polar surface area (TPSA) is 34.5 Å². The highest BCUT2D eigenvalue weighted by Crippen LogP contribution is 2.37. The minimum atomic E-state index is -0.222. The maximum absolute atomic E-state index is 11.8. The number of nitrogens with zero attached hydrogens (tertiary/aromatic N) is 2. The van der Waals surface area contributed by atoms with Gasteiger partial charge in [0.15, 0.2) is 0 Å². The Labute approximate surface area is 114 Å². The van der Waals surface area contributed by atoms with Gasteiger partial charge in [0.1, 0.15) is 0 Å². The van der Waals surface area contributed by atoms with Crippen LogP contribution in [0.3, 0.4) is 0 Å². The largest absolute Gasteiger partial charge is 0.465 e. The number of esters is 1. The number of hydrogen-bond acceptors (Lipinski definition) is 3. The molecule has 1 atom stereocenters. The second-order valence-electron chi connectivity index (χ2n) is 5.85. The Morgan fingerprint density at radius 2 is 2.00 bits per heavy atom. The fourth-order valence-corrected chi connectivity index (χ4v) is 3.83. The molecule has 0 saturated carbocycles. The van der Waals surface area contributed by atoms with Crippen molar-refractivity contribution in [3.63, 3.8) is 0 Å². The highest BCUT2D eigenvalue weighted by atomic mass is 16.5. The second-order valence-corrected chi connectivity index (χ2v) is 5.85. The van der Waals surface area contributed by atoms with Crippen molar-refractivity contribution in [3.05, 3.63) is 23.0 Å². The number of ether oxygens (including phenoxy) is 1. The zero-order valence-electron chi connectivity index (χ0n) is 12.0. The maximum atomic E-state index is 11.8. The number of methoxy groups -OCH3 is 1. The first-order chi connectivity index (χ1) is 9.11. The lowest BCUT2D eigenvalue weighted by atomic mass is 9.83. The van der Waals surface area contributed by atoms with Crippen LogP contribution in [0.4, 0.5) is 0 Å². The summed E-state index contributed by atoms with van der Waals surface area (Å²) in [6.07, 6.45) is 2.57. The molecule has 0 spiro atoms. The molecule has 3 aliphatic rings. The Balaban J connectivity index is 1.97. The van der Waals surface area contributed by atoms with E-state index in [1.807, 2.05) is 13.0 Å². The van der Waals surface area contributed by atoms with Crippen molar-refractivity contribution in [3.8, 4) is 0 Å². The molecule has 4 heterocycles. The summed E-state index contributed by atoms with van der Waals surface area (Å²) in [5.41, 5.74) is 2.95. The van der Waals surface area contributed by atoms with Crippen LogP contribution in [0, 0.1) is 19.8 Å². The predicted octanol–water partition coefficient (Wildman–Crippen LogP) is 2.16. The fraction of sp³-hybridized carbons (Fsp3) is 0.667. The molecule has 0 aliphatic carbocycles. The third kappa shape index (κ3) is 1.98. The molecule has 0 radical (unpaired) electrons. The second kappa shape index (κ2) is 4.67. The standard InChI is InChI=1S/C15H22N2O2/c1-10-8-13(15(18)19-3)11(2)17(10)14-9-16-6-4-12(14)5-7-16/h8,12,14H,4-7,9H2,1-3H3/t14-/m0/s1. The fourth-order valence-electron chi connectivity index (χ4n) is 3.83. The first kappa shape index (κ1) is 12.7. The smallest absolute Gasteiger partial charge is 0.339 e. The molecule has 4 nitrogen and oxygen atoms in total. The highest BCUT2D eigenvalue weighted by Gasteiger charge is 2.36. The molecule has 0 amide bonds. The molecule has 3 aliphatic heterocycles. The molecule has 4 rings (SSSR count). The molecular weight excluding hydrogens is 240 g/mol. The van der Waals surface area contributed by atoms with Crippen LogP contribution in [0.2, 0.25) is 0 Å². The van der Waals surface area contributed by atoms with E-state index in [1.54, 1.807) is 0 Å². The van der Waals surface area contributed by atoms with Gasteiger partial charge < -0.3 is 14.2 Å². The maximum Gasteiger partial charge on any atom is 0.339 e. The van der Waals surface area contributed by atoms with Crippen molar-refractivity contribution >= 4 is 5.97 Å². The van der Waals surface area contributed by atoms with Gasteiger partial charge in [-0.25, -0.2) is 4.79 Å². The summed E-state index contributed by atoms with van der Waals surface area (Å²) in [7, 11) is 1.45. The van der Waals surface area contributed by atoms with Crippen LogP contribution in [0.15, 0.2) is 6.07 Å². The number of carbonyl (C=O) groups excluding carboxylic acids is 1. The molecule has 2 bridgehead atoms. The molecule has 0 aromatic carbocycles. The third-order valence-corrected chi connectivity index (χ3v) is 4.84. The molecule has 104 valence electrons. The lowest BCUT2D eigenvalue weighted by Gasteiger charge is -2.46. The molecule has 19 heavy (non-hydrogen) atoms. The Hall–Kier alpha value is -1.29. The van der Waals surface area contributed by atoms with Gasteiger partial charge in [-0.2, -0.15) is 0 Å². The summed E-state index contributed by atoms with van der Waals surface area (Å²) in [5.74, 6) is 0.543. The minimum absolute atomic E-state index is 0.222. The molecule has 0 N–H and O–H groups in total. The number of hydrogen-bond donors (Lipinski definition) is 0. The number of fused-ring (bicyclic) bond motifs is 3. The predicted molar refractivity (Wildman–Crippen MR) is 73.4 cm³/mol. The monoisotopic (exact) mass is 262 g/mol. The van der Waals surface area contributed by atoms with E-state index in [2.05, 4.69) is 16.4 Å². The number of piperidine rings is 3. The zero-order valence-corrected chi connectivity index (χ0v) is 12.0. The average Bonchev–Trinajstić information content (AvgIpc) is 2.74. The van der Waals surface area contributed by atoms with Crippen molar-refractivity contribution in [2.45, 2.75) is 32.7 Å². The van der Waals surface area contributed by atoms with Gasteiger partial charge in [0.05, 0.1) is 12.7 Å². The van der Waals surface area contributed by atoms with E-state index in [0.717, 1.165) is 23.7 Å². The normalized spacial score (nSPS) is 29.5. The Kier molecular flexibility index (Phi) is 3.13. The van der Waals surface area contributed by atoms with E-state index < -0.39 is 0 Å². The lowest BCUT2D eigenvalue weighted by Crippen LogP contribution is -2.48. The molecule has 3 fully saturated rings. The van der Waals surface area contributed by atoms with Crippen molar-refractivity contribution in [2.24, 2.45) is 5.92 Å². The third-order valence-electron chi connectivity index (χ3n) is 4.84. The summed E-state index contributed by atoms with van der Waals surface area (Å²) in [5, 5.41) is 0. The van der Waals surface area contributed by atoms with Crippen molar-refractivity contribution in [2.75, 3.05) is 26.7 Å². The number of aromatic nitrogens is 1. The lowest BCUT2D eigenvalue weighted by molar-refractivity contribution is 0.0545. The quantitative estimate of drug-likeness (QED) is 0.766. The van der Waals surface area contributed by atoms with Crippen LogP contribution in [-0.2, 0) is 4.74 Å². The Morgan fingerprint density at radius 1 is 1.32 bits per heavy atom. The molecule has 1 aromatic heterocycles. The van der Waals surface area contributed by atoms with Gasteiger partial charge in [-0.3, -0.25) is 0 Å². The first-order valence-electron chi connectivity index (χ1n) is 7.11. The van der Waals surface area contributed by atoms with Gasteiger partial charge in [0, 0.05) is 24.0 Å². The summed E-state index contributed by atoms with van der Waals surface area (Å²) >= 11 is 0. The van der Waals surface area contributed by atoms with Gasteiger partial charge in [0.25, 0.3) is 0 Å². The van der Waals surface area contributed by atoms with E-state index in [0.29, 0.717) is 6.04 Å². The molecular formula is C15H22N2O2. The van der Waals surface area contributed by atoms with Gasteiger partial charge in [0.2, 0.25) is 0 Å². The Morgan fingerprint density at radius 3 is 2.53 bits per heavy atom. The van der Waals surface area contributed by atoms with Crippen LogP contribution in [0.1, 0.15) is 40.6 Å². The highest BCUT2D eigenvalue weighted by molar-refractivity contribution is 5.91. The number of rotatable bonds is 2. The van der Waals surface area contributed by atoms with Crippen molar-refractivity contribution in [1.29, 1.82) is 0 Å². The Bertz CT molecular complexity index is 498. The molecule has 0 unspecified atom stereocenters. The molecule has 3 saturated heterocycles. The molecule has 4 heteroatoms. The van der Waals surface area contributed by atoms with E-state index in [-0.39, 0.29) is 5.97 Å². The van der Waals surface area contributed by atoms with Crippen LogP contribution in [0.5, 0.6) is 0 Å². The minimum Gasteiger partial charge on any atom is -0.465 e. The number of aryl methyl sites for hydroxylation is 1. The van der Waals surface area contributed by atoms with E-state index in [4.69, 9.17) is 4.74 Å². The van der Waals surface area contributed by atoms with Crippen molar-refractivity contribution in [1.82, 2.24) is 9.47 Å². The summed E-state index contributed by atoms with van der Waals surface area (Å²) < 4.78 is 7.24. The van der Waals surface area contributed by atoms with E-state index in [1.165, 1.54) is 38.7 Å². The van der Waals surface area contributed by atoms with Crippen LogP contribution in [-0.4, -0.2) is 42.2 Å². The molecule has 1 aromatic rings. The van der Waals surface area contributed by atoms with Crippen LogP contribution < -0.4 is 0 Å². The van der Waals surface area contributed by atoms with E-state index in [9.17, 15) is 4.79 Å². The summed E-state index contributed by atoms with van der Waals surface area (Å²) in [6, 6.07) is 2.50. The average molecular weight is 262 g/mol. The van der Waals surface area contributed by atoms with E-state index >= 15 is 0 Å². The number of carbonyl (C=O) groups is 1. The first-order valence-corrected chi connectivity index (χ1v) is 7.11. The van der Waals surface area contributed by atoms with Gasteiger partial charge in [-0.15, -0.1) is 0 Å². The van der Waals surface area contributed by atoms with Crippen LogP contribution in [0.25, 0.3) is 0 Å². The zero-order chi connectivity index (χ0) is 13.6. The van der Waals surface area contributed by atoms with Crippen LogP contribution >= 0.6 is 0 Å². The van der Waals surface area contributed by atoms with Gasteiger partial charge in [-0.1, -0.05) is 0 Å².